The van der Waals surface area contributed by atoms with Crippen LogP contribution in [0.2, 0.25) is 0 Å². The lowest BCUT2D eigenvalue weighted by Gasteiger charge is -2.16. The van der Waals surface area contributed by atoms with Crippen molar-refractivity contribution < 1.29 is 27.1 Å². The molecule has 1 heterocycles. The van der Waals surface area contributed by atoms with Gasteiger partial charge in [-0.05, 0) is 28.6 Å². The molecule has 1 atom stereocenters. The summed E-state index contributed by atoms with van der Waals surface area (Å²) in [4.78, 5) is 0. The van der Waals surface area contributed by atoms with Gasteiger partial charge < -0.3 is 10.8 Å². The van der Waals surface area contributed by atoms with Gasteiger partial charge in [0.1, 0.15) is 12.2 Å². The van der Waals surface area contributed by atoms with E-state index in [-0.39, 0.29) is 21.7 Å². The number of aliphatic hydroxyl groups is 1. The monoisotopic (exact) mass is 454 g/mol. The second-order valence-electron chi connectivity index (χ2n) is 5.90. The number of rotatable bonds is 5. The van der Waals surface area contributed by atoms with E-state index in [1.807, 2.05) is 11.4 Å². The summed E-state index contributed by atoms with van der Waals surface area (Å²) >= 11 is 2.53. The third kappa shape index (κ3) is 4.05. The van der Waals surface area contributed by atoms with Crippen LogP contribution in [0.15, 0.2) is 51.0 Å². The number of nitrogens with two attached hydrogens (primary N) is 1. The number of thiophene rings is 1. The number of aliphatic hydroxyl groups excluding tert-OH is 1. The first-order chi connectivity index (χ1) is 14.3. The van der Waals surface area contributed by atoms with Crippen LogP contribution in [0, 0.1) is 40.4 Å². The van der Waals surface area contributed by atoms with Crippen LogP contribution in [0.1, 0.15) is 22.8 Å². The molecule has 0 spiro atoms. The fraction of sp³-hybridized carbons (Fsp3) is 0.0500. The van der Waals surface area contributed by atoms with E-state index in [9.17, 15) is 32.3 Å². The van der Waals surface area contributed by atoms with Gasteiger partial charge in [-0.3, -0.25) is 0 Å². The van der Waals surface area contributed by atoms with E-state index < -0.39 is 40.8 Å². The zero-order valence-corrected chi connectivity index (χ0v) is 16.4. The Bertz CT molecular complexity index is 1140. The molecule has 0 fully saturated rings. The number of hydrogen-bond acceptors (Lipinski definition) is 5. The van der Waals surface area contributed by atoms with Crippen LogP contribution in [0.25, 0.3) is 5.57 Å². The third-order valence-electron chi connectivity index (χ3n) is 4.07. The van der Waals surface area contributed by atoms with Crippen LogP contribution < -0.4 is 5.73 Å². The molecule has 0 saturated heterocycles. The summed E-state index contributed by atoms with van der Waals surface area (Å²) in [5, 5.41) is 21.8. The number of halogens is 5. The molecule has 0 aliphatic rings. The van der Waals surface area contributed by atoms with Crippen LogP contribution in [-0.2, 0) is 0 Å². The standard InChI is InChI=1S/C20H11F5N2OS2/c21-14-13(15(22)17(24)18(25)16(14)23)19(28)10-4-1-3-9(7-10)11(8-26)20(27)30-12-5-2-6-29-12/h1-7,19,28H,27H2/b20-11-. The summed E-state index contributed by atoms with van der Waals surface area (Å²) in [5.74, 6) is -10.9. The molecule has 0 radical (unpaired) electrons. The molecule has 2 aromatic carbocycles. The van der Waals surface area contributed by atoms with Gasteiger partial charge in [0.05, 0.1) is 20.4 Å². The van der Waals surface area contributed by atoms with Crippen molar-refractivity contribution in [2.45, 2.75) is 10.3 Å². The highest BCUT2D eigenvalue weighted by Crippen LogP contribution is 2.35. The number of allylic oxidation sites excluding steroid dienone is 1. The molecular formula is C20H11F5N2OS2. The Hall–Kier alpha value is -2.87. The maximum Gasteiger partial charge on any atom is 0.200 e. The second kappa shape index (κ2) is 8.87. The number of thioether (sulfide) groups is 1. The van der Waals surface area contributed by atoms with E-state index in [1.165, 1.54) is 35.6 Å². The van der Waals surface area contributed by atoms with E-state index in [0.29, 0.717) is 0 Å². The minimum Gasteiger partial charge on any atom is -0.392 e. The molecule has 3 aromatic rings. The normalized spacial score (nSPS) is 13.0. The highest BCUT2D eigenvalue weighted by Gasteiger charge is 2.30. The Kier molecular flexibility index (Phi) is 6.45. The number of nitriles is 1. The molecule has 0 amide bonds. The summed E-state index contributed by atoms with van der Waals surface area (Å²) in [6, 6.07) is 10.8. The Morgan fingerprint density at radius 2 is 1.63 bits per heavy atom. The maximum atomic E-state index is 14.0. The molecule has 1 aromatic heterocycles. The molecule has 0 bridgehead atoms. The van der Waals surface area contributed by atoms with Crippen molar-refractivity contribution in [2.75, 3.05) is 0 Å². The van der Waals surface area contributed by atoms with E-state index in [1.54, 1.807) is 12.1 Å². The molecule has 10 heteroatoms. The van der Waals surface area contributed by atoms with Gasteiger partial charge in [-0.2, -0.15) is 5.26 Å². The summed E-state index contributed by atoms with van der Waals surface area (Å²) in [7, 11) is 0. The fourth-order valence-electron chi connectivity index (χ4n) is 2.64. The van der Waals surface area contributed by atoms with Crippen molar-refractivity contribution in [1.82, 2.24) is 0 Å². The van der Waals surface area contributed by atoms with Crippen LogP contribution in [-0.4, -0.2) is 5.11 Å². The maximum absolute atomic E-state index is 14.0. The molecule has 3 N–H and O–H groups in total. The first kappa shape index (κ1) is 21.8. The van der Waals surface area contributed by atoms with E-state index in [0.717, 1.165) is 16.0 Å². The Labute approximate surface area is 175 Å². The molecule has 0 aliphatic heterocycles. The quantitative estimate of drug-likeness (QED) is 0.176. The van der Waals surface area contributed by atoms with Gasteiger partial charge >= 0.3 is 0 Å². The summed E-state index contributed by atoms with van der Waals surface area (Å²) in [6.07, 6.45) is -2.17. The number of hydrogen-bond donors (Lipinski definition) is 2. The van der Waals surface area contributed by atoms with E-state index >= 15 is 0 Å². The smallest absolute Gasteiger partial charge is 0.200 e. The second-order valence-corrected chi connectivity index (χ2v) is 8.19. The summed E-state index contributed by atoms with van der Waals surface area (Å²) < 4.78 is 69.1. The van der Waals surface area contributed by atoms with Crippen molar-refractivity contribution in [3.05, 3.63) is 92.6 Å². The van der Waals surface area contributed by atoms with Gasteiger partial charge in [-0.25, -0.2) is 22.0 Å². The van der Waals surface area contributed by atoms with Crippen molar-refractivity contribution >= 4 is 28.7 Å². The third-order valence-corrected chi connectivity index (χ3v) is 6.03. The zero-order chi connectivity index (χ0) is 22.0. The van der Waals surface area contributed by atoms with Gasteiger partial charge in [-0.15, -0.1) is 11.3 Å². The Balaban J connectivity index is 2.05. The number of benzene rings is 2. The summed E-state index contributed by atoms with van der Waals surface area (Å²) in [5.41, 5.74) is 4.67. The fourth-order valence-corrected chi connectivity index (χ4v) is 4.34. The molecule has 0 saturated carbocycles. The first-order valence-electron chi connectivity index (χ1n) is 8.17. The van der Waals surface area contributed by atoms with Crippen LogP contribution in [0.5, 0.6) is 0 Å². The van der Waals surface area contributed by atoms with Crippen LogP contribution in [0.4, 0.5) is 22.0 Å². The molecule has 0 aliphatic carbocycles. The lowest BCUT2D eigenvalue weighted by molar-refractivity contribution is 0.202. The predicted octanol–water partition coefficient (Wildman–Crippen LogP) is 5.47. The summed E-state index contributed by atoms with van der Waals surface area (Å²) in [6.45, 7) is 0. The van der Waals surface area contributed by atoms with Crippen LogP contribution in [0.3, 0.4) is 0 Å². The molecule has 154 valence electrons. The lowest BCUT2D eigenvalue weighted by atomic mass is 9.96. The van der Waals surface area contributed by atoms with Crippen molar-refractivity contribution in [1.29, 1.82) is 5.26 Å². The van der Waals surface area contributed by atoms with E-state index in [2.05, 4.69) is 0 Å². The topological polar surface area (TPSA) is 70.0 Å². The average molecular weight is 454 g/mol. The van der Waals surface area contributed by atoms with Gasteiger partial charge in [0.25, 0.3) is 0 Å². The van der Waals surface area contributed by atoms with Gasteiger partial charge in [-0.1, -0.05) is 36.0 Å². The number of nitrogens with zero attached hydrogens (tertiary/aromatic N) is 1. The van der Waals surface area contributed by atoms with Gasteiger partial charge in [0.2, 0.25) is 5.82 Å². The highest BCUT2D eigenvalue weighted by molar-refractivity contribution is 8.04. The molecular weight excluding hydrogens is 443 g/mol. The minimum atomic E-state index is -2.32. The SMILES string of the molecule is N#C/C(=C(\N)Sc1cccs1)c1cccc(C(O)c2c(F)c(F)c(F)c(F)c2F)c1. The molecule has 3 nitrogen and oxygen atoms in total. The highest BCUT2D eigenvalue weighted by atomic mass is 32.2. The van der Waals surface area contributed by atoms with Crippen molar-refractivity contribution in [2.24, 2.45) is 5.73 Å². The van der Waals surface area contributed by atoms with Crippen molar-refractivity contribution in [3.8, 4) is 6.07 Å². The minimum absolute atomic E-state index is 0.0276. The van der Waals surface area contributed by atoms with E-state index in [4.69, 9.17) is 5.73 Å². The first-order valence-corrected chi connectivity index (χ1v) is 9.86. The molecule has 3 rings (SSSR count). The van der Waals surface area contributed by atoms with Crippen molar-refractivity contribution in [3.63, 3.8) is 0 Å². The Morgan fingerprint density at radius 3 is 2.20 bits per heavy atom. The van der Waals surface area contributed by atoms with Gasteiger partial charge in [0.15, 0.2) is 23.3 Å². The Morgan fingerprint density at radius 1 is 1.00 bits per heavy atom. The zero-order valence-electron chi connectivity index (χ0n) is 14.8. The lowest BCUT2D eigenvalue weighted by Crippen LogP contribution is -2.12. The average Bonchev–Trinajstić information content (AvgIpc) is 3.24. The van der Waals surface area contributed by atoms with Gasteiger partial charge in [0, 0.05) is 0 Å². The van der Waals surface area contributed by atoms with Crippen LogP contribution >= 0.6 is 23.1 Å². The largest absolute Gasteiger partial charge is 0.392 e. The molecule has 30 heavy (non-hydrogen) atoms. The molecule has 1 unspecified atom stereocenters. The predicted molar refractivity (Wildman–Crippen MR) is 104 cm³/mol.